The zero-order valence-electron chi connectivity index (χ0n) is 13.7. The molecule has 0 aliphatic rings. The number of rotatable bonds is 5. The van der Waals surface area contributed by atoms with Crippen LogP contribution in [0, 0.1) is 10.1 Å². The van der Waals surface area contributed by atoms with Crippen molar-refractivity contribution in [3.05, 3.63) is 81.9 Å². The summed E-state index contributed by atoms with van der Waals surface area (Å²) in [6.45, 7) is 0. The fourth-order valence-corrected chi connectivity index (χ4v) is 3.02. The van der Waals surface area contributed by atoms with E-state index in [1.165, 1.54) is 36.0 Å². The van der Waals surface area contributed by atoms with E-state index in [4.69, 9.17) is 0 Å². The highest BCUT2D eigenvalue weighted by molar-refractivity contribution is 7.98. The maximum atomic E-state index is 12.6. The molecule has 27 heavy (non-hydrogen) atoms. The number of non-ortho nitro benzene ring substituents is 1. The Bertz CT molecular complexity index is 928. The Balaban J connectivity index is 1.63. The zero-order valence-corrected chi connectivity index (χ0v) is 14.5. The highest BCUT2D eigenvalue weighted by Crippen LogP contribution is 2.30. The second kappa shape index (κ2) is 7.75. The lowest BCUT2D eigenvalue weighted by Crippen LogP contribution is -2.04. The van der Waals surface area contributed by atoms with Gasteiger partial charge < -0.3 is 0 Å². The first-order valence-electron chi connectivity index (χ1n) is 7.70. The van der Waals surface area contributed by atoms with Gasteiger partial charge in [0.05, 0.1) is 16.2 Å². The van der Waals surface area contributed by atoms with Crippen LogP contribution in [0.25, 0.3) is 11.3 Å². The van der Waals surface area contributed by atoms with Gasteiger partial charge in [0.15, 0.2) is 0 Å². The molecule has 0 radical (unpaired) electrons. The third kappa shape index (κ3) is 4.82. The number of hydrogen-bond donors (Lipinski definition) is 0. The van der Waals surface area contributed by atoms with Crippen LogP contribution in [-0.2, 0) is 11.9 Å². The van der Waals surface area contributed by atoms with Crippen molar-refractivity contribution in [2.24, 2.45) is 0 Å². The number of hydrogen-bond acceptors (Lipinski definition) is 5. The zero-order chi connectivity index (χ0) is 19.4. The summed E-state index contributed by atoms with van der Waals surface area (Å²) in [6, 6.07) is 14.5. The van der Waals surface area contributed by atoms with Crippen LogP contribution in [0.2, 0.25) is 0 Å². The molecule has 2 aromatic carbocycles. The minimum Gasteiger partial charge on any atom is -0.258 e. The molecule has 1 aromatic heterocycles. The van der Waals surface area contributed by atoms with Crippen LogP contribution in [0.5, 0.6) is 0 Å². The third-order valence-corrected chi connectivity index (χ3v) is 4.67. The van der Waals surface area contributed by atoms with E-state index in [1.54, 1.807) is 24.3 Å². The Kier molecular flexibility index (Phi) is 5.41. The predicted octanol–water partition coefficient (Wildman–Crippen LogP) is 5.36. The van der Waals surface area contributed by atoms with Crippen molar-refractivity contribution in [3.63, 3.8) is 0 Å². The molecule has 0 amide bonds. The minimum atomic E-state index is -4.34. The number of nitrogens with zero attached hydrogens (tertiary/aromatic N) is 3. The van der Waals surface area contributed by atoms with Gasteiger partial charge >= 0.3 is 6.18 Å². The lowest BCUT2D eigenvalue weighted by atomic mass is 10.1. The van der Waals surface area contributed by atoms with Crippen LogP contribution in [0.1, 0.15) is 11.1 Å². The molecular weight excluding hydrogens is 379 g/mol. The molecule has 5 nitrogen and oxygen atoms in total. The smallest absolute Gasteiger partial charge is 0.258 e. The first-order chi connectivity index (χ1) is 12.8. The van der Waals surface area contributed by atoms with Crippen LogP contribution in [0.4, 0.5) is 18.9 Å². The molecule has 1 heterocycles. The maximum absolute atomic E-state index is 12.6. The summed E-state index contributed by atoms with van der Waals surface area (Å²) < 4.78 is 37.7. The average Bonchev–Trinajstić information content (AvgIpc) is 2.66. The number of aromatic nitrogens is 2. The van der Waals surface area contributed by atoms with Gasteiger partial charge in [-0.1, -0.05) is 23.9 Å². The molecule has 0 atom stereocenters. The number of nitro groups is 1. The molecule has 0 fully saturated rings. The fraction of sp³-hybridized carbons (Fsp3) is 0.111. The predicted molar refractivity (Wildman–Crippen MR) is 95.1 cm³/mol. The Morgan fingerprint density at radius 1 is 0.926 bits per heavy atom. The standard InChI is InChI=1S/C18H12F3N3O2S/c19-18(20,21)14-5-1-12(2-6-14)11-27-17-10-9-16(22-23-17)13-3-7-15(8-4-13)24(25)26/h1-10H,11H2. The van der Waals surface area contributed by atoms with Gasteiger partial charge in [-0.2, -0.15) is 13.2 Å². The van der Waals surface area contributed by atoms with Crippen molar-refractivity contribution in [1.29, 1.82) is 0 Å². The van der Waals surface area contributed by atoms with Crippen molar-refractivity contribution >= 4 is 17.4 Å². The maximum Gasteiger partial charge on any atom is 0.416 e. The molecule has 3 aromatic rings. The SMILES string of the molecule is O=[N+]([O-])c1ccc(-c2ccc(SCc3ccc(C(F)(F)F)cc3)nn2)cc1. The van der Waals surface area contributed by atoms with Gasteiger partial charge in [0.25, 0.3) is 5.69 Å². The summed E-state index contributed by atoms with van der Waals surface area (Å²) in [4.78, 5) is 10.2. The van der Waals surface area contributed by atoms with E-state index in [1.807, 2.05) is 0 Å². The molecule has 3 rings (SSSR count). The van der Waals surface area contributed by atoms with Crippen molar-refractivity contribution in [3.8, 4) is 11.3 Å². The van der Waals surface area contributed by atoms with Gasteiger partial charge in [0.2, 0.25) is 0 Å². The first-order valence-corrected chi connectivity index (χ1v) is 8.69. The Labute approximate surface area is 156 Å². The summed E-state index contributed by atoms with van der Waals surface area (Å²) in [5.74, 6) is 0.462. The molecule has 0 aliphatic heterocycles. The molecule has 0 saturated carbocycles. The number of benzene rings is 2. The second-order valence-electron chi connectivity index (χ2n) is 5.54. The Hall–Kier alpha value is -2.94. The summed E-state index contributed by atoms with van der Waals surface area (Å²) >= 11 is 1.35. The molecule has 138 valence electrons. The van der Waals surface area contributed by atoms with Crippen LogP contribution in [0.15, 0.2) is 65.7 Å². The number of alkyl halides is 3. The molecule has 0 bridgehead atoms. The molecule has 0 spiro atoms. The highest BCUT2D eigenvalue weighted by atomic mass is 32.2. The largest absolute Gasteiger partial charge is 0.416 e. The van der Waals surface area contributed by atoms with Gasteiger partial charge in [-0.25, -0.2) is 0 Å². The Morgan fingerprint density at radius 3 is 2.11 bits per heavy atom. The van der Waals surface area contributed by atoms with Crippen LogP contribution < -0.4 is 0 Å². The highest BCUT2D eigenvalue weighted by Gasteiger charge is 2.29. The minimum absolute atomic E-state index is 0.00423. The van der Waals surface area contributed by atoms with E-state index >= 15 is 0 Å². The summed E-state index contributed by atoms with van der Waals surface area (Å²) in [5.41, 5.74) is 1.34. The van der Waals surface area contributed by atoms with E-state index < -0.39 is 16.7 Å². The van der Waals surface area contributed by atoms with Crippen molar-refractivity contribution in [2.75, 3.05) is 0 Å². The van der Waals surface area contributed by atoms with Gasteiger partial charge in [-0.05, 0) is 42.0 Å². The van der Waals surface area contributed by atoms with Gasteiger partial charge in [0.1, 0.15) is 5.03 Å². The van der Waals surface area contributed by atoms with E-state index in [0.29, 0.717) is 22.0 Å². The van der Waals surface area contributed by atoms with E-state index in [-0.39, 0.29) is 5.69 Å². The Morgan fingerprint density at radius 2 is 1.59 bits per heavy atom. The average molecular weight is 391 g/mol. The van der Waals surface area contributed by atoms with Crippen molar-refractivity contribution in [2.45, 2.75) is 17.0 Å². The van der Waals surface area contributed by atoms with Crippen molar-refractivity contribution in [1.82, 2.24) is 10.2 Å². The lowest BCUT2D eigenvalue weighted by Gasteiger charge is -2.07. The quantitative estimate of drug-likeness (QED) is 0.333. The normalized spacial score (nSPS) is 11.4. The first kappa shape index (κ1) is 18.8. The van der Waals surface area contributed by atoms with Gasteiger partial charge in [0, 0.05) is 23.4 Å². The van der Waals surface area contributed by atoms with E-state index in [2.05, 4.69) is 10.2 Å². The monoisotopic (exact) mass is 391 g/mol. The summed E-state index contributed by atoms with van der Waals surface area (Å²) in [7, 11) is 0. The molecular formula is C18H12F3N3O2S. The fourth-order valence-electron chi connectivity index (χ4n) is 2.25. The molecule has 0 N–H and O–H groups in total. The van der Waals surface area contributed by atoms with E-state index in [0.717, 1.165) is 17.7 Å². The van der Waals surface area contributed by atoms with Gasteiger partial charge in [-0.15, -0.1) is 10.2 Å². The molecule has 0 unspecified atom stereocenters. The van der Waals surface area contributed by atoms with Crippen LogP contribution in [0.3, 0.4) is 0 Å². The summed E-state index contributed by atoms with van der Waals surface area (Å²) in [6.07, 6.45) is -4.34. The number of nitro benzene ring substituents is 1. The van der Waals surface area contributed by atoms with Crippen molar-refractivity contribution < 1.29 is 18.1 Å². The molecule has 9 heteroatoms. The topological polar surface area (TPSA) is 68.9 Å². The number of thioether (sulfide) groups is 1. The summed E-state index contributed by atoms with van der Waals surface area (Å²) in [5, 5.41) is 19.5. The van der Waals surface area contributed by atoms with Crippen LogP contribution in [-0.4, -0.2) is 15.1 Å². The second-order valence-corrected chi connectivity index (χ2v) is 6.54. The lowest BCUT2D eigenvalue weighted by molar-refractivity contribution is -0.384. The van der Waals surface area contributed by atoms with E-state index in [9.17, 15) is 23.3 Å². The van der Waals surface area contributed by atoms with Gasteiger partial charge in [-0.3, -0.25) is 10.1 Å². The van der Waals surface area contributed by atoms with Crippen LogP contribution >= 0.6 is 11.8 Å². The third-order valence-electron chi connectivity index (χ3n) is 3.68. The molecule has 0 saturated heterocycles. The molecule has 0 aliphatic carbocycles. The number of halogens is 3.